The fourth-order valence-corrected chi connectivity index (χ4v) is 0.546. The summed E-state index contributed by atoms with van der Waals surface area (Å²) < 4.78 is 4.48. The number of hydrogen-bond acceptors (Lipinski definition) is 3. The highest BCUT2D eigenvalue weighted by atomic mass is 16.5. The molecule has 0 atom stereocenters. The monoisotopic (exact) mass is 141 g/mol. The maximum absolute atomic E-state index is 10.9. The molecule has 0 aromatic heterocycles. The van der Waals surface area contributed by atoms with Crippen LogP contribution < -0.4 is 0 Å². The molecule has 0 N–H and O–H groups in total. The maximum atomic E-state index is 10.9. The van der Waals surface area contributed by atoms with Gasteiger partial charge in [-0.2, -0.15) is 5.26 Å². The van der Waals surface area contributed by atoms with Crippen molar-refractivity contribution in [3.05, 3.63) is 0 Å². The third-order valence-corrected chi connectivity index (χ3v) is 1.26. The van der Waals surface area contributed by atoms with Gasteiger partial charge in [0.2, 0.25) is 0 Å². The highest BCUT2D eigenvalue weighted by Crippen LogP contribution is 2.20. The van der Waals surface area contributed by atoms with Crippen molar-refractivity contribution in [2.45, 2.75) is 20.3 Å². The van der Waals surface area contributed by atoms with E-state index in [0.717, 1.165) is 0 Å². The van der Waals surface area contributed by atoms with E-state index in [4.69, 9.17) is 5.26 Å². The Morgan fingerprint density at radius 3 is 2.50 bits per heavy atom. The minimum absolute atomic E-state index is 0.194. The molecule has 0 heterocycles. The first kappa shape index (κ1) is 8.96. The molecule has 0 amide bonds. The molecule has 3 nitrogen and oxygen atoms in total. The number of methoxy groups -OCH3 is 1. The Labute approximate surface area is 60.6 Å². The number of hydrogen-bond donors (Lipinski definition) is 0. The van der Waals surface area contributed by atoms with Crippen molar-refractivity contribution < 1.29 is 9.53 Å². The van der Waals surface area contributed by atoms with Gasteiger partial charge in [0.15, 0.2) is 0 Å². The van der Waals surface area contributed by atoms with Crippen LogP contribution in [0.4, 0.5) is 0 Å². The summed E-state index contributed by atoms with van der Waals surface area (Å²) in [7, 11) is 1.32. The lowest BCUT2D eigenvalue weighted by Crippen LogP contribution is -2.24. The number of rotatable bonds is 2. The Bertz CT molecular complexity index is 167. The van der Waals surface area contributed by atoms with Crippen LogP contribution in [0.3, 0.4) is 0 Å². The number of esters is 1. The van der Waals surface area contributed by atoms with Crippen LogP contribution >= 0.6 is 0 Å². The summed E-state index contributed by atoms with van der Waals surface area (Å²) in [5.41, 5.74) is -0.663. The van der Waals surface area contributed by atoms with Crippen molar-refractivity contribution >= 4 is 5.97 Å². The molecule has 0 saturated carbocycles. The first-order valence-electron chi connectivity index (χ1n) is 3.00. The van der Waals surface area contributed by atoms with E-state index >= 15 is 0 Å². The summed E-state index contributed by atoms with van der Waals surface area (Å²) in [4.78, 5) is 10.9. The standard InChI is InChI=1S/C7H11NO2/c1-7(2,4-5-8)6(9)10-3/h4H2,1-3H3. The zero-order chi connectivity index (χ0) is 8.20. The van der Waals surface area contributed by atoms with Crippen molar-refractivity contribution in [2.24, 2.45) is 5.41 Å². The molecule has 0 fully saturated rings. The van der Waals surface area contributed by atoms with Crippen LogP contribution in [0.5, 0.6) is 0 Å². The van der Waals surface area contributed by atoms with Gasteiger partial charge in [-0.15, -0.1) is 0 Å². The SMILES string of the molecule is COC(=O)C(C)(C)CC#N. The first-order chi connectivity index (χ1) is 4.54. The van der Waals surface area contributed by atoms with Crippen molar-refractivity contribution in [2.75, 3.05) is 7.11 Å². The third-order valence-electron chi connectivity index (χ3n) is 1.26. The lowest BCUT2D eigenvalue weighted by molar-refractivity contribution is -0.150. The summed E-state index contributed by atoms with van der Waals surface area (Å²) >= 11 is 0. The van der Waals surface area contributed by atoms with Gasteiger partial charge in [-0.3, -0.25) is 4.79 Å². The Morgan fingerprint density at radius 2 is 2.20 bits per heavy atom. The molecule has 0 bridgehead atoms. The van der Waals surface area contributed by atoms with Gasteiger partial charge in [-0.1, -0.05) is 0 Å². The Balaban J connectivity index is 4.13. The molecule has 56 valence electrons. The summed E-state index contributed by atoms with van der Waals surface area (Å²) in [5, 5.41) is 8.29. The molecule has 0 aliphatic rings. The second-order valence-corrected chi connectivity index (χ2v) is 2.71. The van der Waals surface area contributed by atoms with Gasteiger partial charge in [-0.25, -0.2) is 0 Å². The van der Waals surface area contributed by atoms with Gasteiger partial charge in [0.25, 0.3) is 0 Å². The molecule has 0 aliphatic heterocycles. The van der Waals surface area contributed by atoms with Gasteiger partial charge in [0.05, 0.1) is 25.0 Å². The van der Waals surface area contributed by atoms with Crippen molar-refractivity contribution in [1.82, 2.24) is 0 Å². The van der Waals surface area contributed by atoms with Crippen molar-refractivity contribution in [3.8, 4) is 6.07 Å². The highest BCUT2D eigenvalue weighted by Gasteiger charge is 2.27. The van der Waals surface area contributed by atoms with Crippen LogP contribution in [0.1, 0.15) is 20.3 Å². The molecule has 0 aromatic carbocycles. The topological polar surface area (TPSA) is 50.1 Å². The average molecular weight is 141 g/mol. The van der Waals surface area contributed by atoms with Crippen LogP contribution in [0.2, 0.25) is 0 Å². The molecule has 0 saturated heterocycles. The molecular weight excluding hydrogens is 130 g/mol. The van der Waals surface area contributed by atoms with Crippen LogP contribution in [-0.4, -0.2) is 13.1 Å². The minimum Gasteiger partial charge on any atom is -0.469 e. The average Bonchev–Trinajstić information content (AvgIpc) is 1.86. The molecular formula is C7H11NO2. The summed E-state index contributed by atoms with van der Waals surface area (Å²) in [6.45, 7) is 3.37. The summed E-state index contributed by atoms with van der Waals surface area (Å²) in [5.74, 6) is -0.339. The number of nitrogens with zero attached hydrogens (tertiary/aromatic N) is 1. The molecule has 0 spiro atoms. The van der Waals surface area contributed by atoms with Crippen LogP contribution in [0.15, 0.2) is 0 Å². The summed E-state index contributed by atoms with van der Waals surface area (Å²) in [6, 6.07) is 1.92. The number of carbonyl (C=O) groups excluding carboxylic acids is 1. The largest absolute Gasteiger partial charge is 0.469 e. The van der Waals surface area contributed by atoms with Gasteiger partial charge >= 0.3 is 5.97 Å². The van der Waals surface area contributed by atoms with Crippen molar-refractivity contribution in [1.29, 1.82) is 5.26 Å². The zero-order valence-corrected chi connectivity index (χ0v) is 6.47. The molecule has 0 aliphatic carbocycles. The maximum Gasteiger partial charge on any atom is 0.312 e. The molecule has 0 aromatic rings. The van der Waals surface area contributed by atoms with E-state index in [1.165, 1.54) is 7.11 Å². The van der Waals surface area contributed by atoms with E-state index < -0.39 is 5.41 Å². The third kappa shape index (κ3) is 2.06. The van der Waals surface area contributed by atoms with Crippen LogP contribution in [0.25, 0.3) is 0 Å². The quantitative estimate of drug-likeness (QED) is 0.541. The number of nitriles is 1. The smallest absolute Gasteiger partial charge is 0.312 e. The Hall–Kier alpha value is -1.04. The molecule has 3 heteroatoms. The number of ether oxygens (including phenoxy) is 1. The minimum atomic E-state index is -0.663. The molecule has 0 radical (unpaired) electrons. The predicted molar refractivity (Wildman–Crippen MR) is 36.0 cm³/mol. The molecule has 10 heavy (non-hydrogen) atoms. The highest BCUT2D eigenvalue weighted by molar-refractivity contribution is 5.76. The fraction of sp³-hybridized carbons (Fsp3) is 0.714. The molecule has 0 unspecified atom stereocenters. The summed E-state index contributed by atoms with van der Waals surface area (Å²) in [6.07, 6.45) is 0.194. The van der Waals surface area contributed by atoms with E-state index in [1.54, 1.807) is 13.8 Å². The second-order valence-electron chi connectivity index (χ2n) is 2.71. The Kier molecular flexibility index (Phi) is 2.88. The zero-order valence-electron chi connectivity index (χ0n) is 6.47. The van der Waals surface area contributed by atoms with E-state index in [0.29, 0.717) is 0 Å². The van der Waals surface area contributed by atoms with E-state index in [-0.39, 0.29) is 12.4 Å². The van der Waals surface area contributed by atoms with Gasteiger partial charge in [0, 0.05) is 0 Å². The Morgan fingerprint density at radius 1 is 1.70 bits per heavy atom. The normalized spacial score (nSPS) is 10.2. The fourth-order valence-electron chi connectivity index (χ4n) is 0.546. The van der Waals surface area contributed by atoms with Crippen LogP contribution in [0, 0.1) is 16.7 Å². The van der Waals surface area contributed by atoms with Gasteiger partial charge in [-0.05, 0) is 13.8 Å². The lowest BCUT2D eigenvalue weighted by Gasteiger charge is -2.16. The van der Waals surface area contributed by atoms with Gasteiger partial charge in [0.1, 0.15) is 0 Å². The first-order valence-corrected chi connectivity index (χ1v) is 3.00. The van der Waals surface area contributed by atoms with E-state index in [9.17, 15) is 4.79 Å². The lowest BCUT2D eigenvalue weighted by atomic mass is 9.90. The van der Waals surface area contributed by atoms with E-state index in [1.807, 2.05) is 6.07 Å². The number of carbonyl (C=O) groups is 1. The van der Waals surface area contributed by atoms with E-state index in [2.05, 4.69) is 4.74 Å². The van der Waals surface area contributed by atoms with Gasteiger partial charge < -0.3 is 4.74 Å². The predicted octanol–water partition coefficient (Wildman–Crippen LogP) is 1.10. The van der Waals surface area contributed by atoms with Crippen molar-refractivity contribution in [3.63, 3.8) is 0 Å². The van der Waals surface area contributed by atoms with Crippen LogP contribution in [-0.2, 0) is 9.53 Å². The molecule has 0 rings (SSSR count). The second kappa shape index (κ2) is 3.21.